The van der Waals surface area contributed by atoms with Gasteiger partial charge in [0, 0.05) is 38.9 Å². The van der Waals surface area contributed by atoms with E-state index in [9.17, 15) is 14.0 Å². The number of hydrogen-bond donors (Lipinski definition) is 1. The Labute approximate surface area is 128 Å². The number of carbonyl (C=O) groups is 2. The van der Waals surface area contributed by atoms with Crippen molar-refractivity contribution in [3.8, 4) is 0 Å². The fraction of sp³-hybridized carbons (Fsp3) is 0.643. The van der Waals surface area contributed by atoms with Gasteiger partial charge in [-0.05, 0) is 13.3 Å². The number of halogens is 1. The van der Waals surface area contributed by atoms with E-state index in [4.69, 9.17) is 5.73 Å². The van der Waals surface area contributed by atoms with Crippen molar-refractivity contribution in [1.29, 1.82) is 0 Å². The maximum Gasteiger partial charge on any atom is 0.256 e. The van der Waals surface area contributed by atoms with Gasteiger partial charge >= 0.3 is 0 Å². The highest BCUT2D eigenvalue weighted by Gasteiger charge is 2.34. The number of hydrogen-bond acceptors (Lipinski definition) is 4. The van der Waals surface area contributed by atoms with Crippen molar-refractivity contribution in [2.24, 2.45) is 5.73 Å². The summed E-state index contributed by atoms with van der Waals surface area (Å²) < 4.78 is 15.3. The van der Waals surface area contributed by atoms with Gasteiger partial charge in [0.25, 0.3) is 5.91 Å². The molecule has 1 saturated heterocycles. The summed E-state index contributed by atoms with van der Waals surface area (Å²) in [5, 5.41) is 4.07. The third-order valence-corrected chi connectivity index (χ3v) is 3.87. The van der Waals surface area contributed by atoms with E-state index in [1.54, 1.807) is 22.8 Å². The first-order valence-corrected chi connectivity index (χ1v) is 7.35. The van der Waals surface area contributed by atoms with Crippen LogP contribution in [0, 0.1) is 0 Å². The van der Waals surface area contributed by atoms with Crippen molar-refractivity contribution in [2.75, 3.05) is 26.7 Å². The summed E-state index contributed by atoms with van der Waals surface area (Å²) in [5.74, 6) is -0.654. The van der Waals surface area contributed by atoms with Gasteiger partial charge in [0.05, 0.1) is 18.3 Å². The van der Waals surface area contributed by atoms with Crippen LogP contribution in [0.25, 0.3) is 0 Å². The lowest BCUT2D eigenvalue weighted by atomic mass is 10.2. The molecule has 0 unspecified atom stereocenters. The fourth-order valence-corrected chi connectivity index (χ4v) is 2.77. The van der Waals surface area contributed by atoms with Crippen LogP contribution in [-0.2, 0) is 11.3 Å². The van der Waals surface area contributed by atoms with Crippen molar-refractivity contribution in [3.05, 3.63) is 18.0 Å². The number of likely N-dealkylation sites (N-methyl/N-ethyl adjacent to an activating group) is 1. The summed E-state index contributed by atoms with van der Waals surface area (Å²) in [7, 11) is 1.67. The lowest BCUT2D eigenvalue weighted by Crippen LogP contribution is -2.44. The molecule has 0 aliphatic carbocycles. The Morgan fingerprint density at radius 3 is 2.86 bits per heavy atom. The minimum absolute atomic E-state index is 0.0148. The lowest BCUT2D eigenvalue weighted by Gasteiger charge is -2.27. The standard InChI is InChI=1S/C14H22FN5O2/c1-3-20-6-10(5-17-20)14(22)18(2)8-12-4-11(15)7-19(12)9-13(16)21/h5-6,11-12H,3-4,7-9H2,1-2H3,(H2,16,21)/t11-,12-/m0/s1. The second-order valence-corrected chi connectivity index (χ2v) is 5.65. The van der Waals surface area contributed by atoms with E-state index in [1.165, 1.54) is 11.1 Å². The molecule has 1 fully saturated rings. The smallest absolute Gasteiger partial charge is 0.256 e. The van der Waals surface area contributed by atoms with E-state index in [2.05, 4.69) is 5.10 Å². The molecule has 0 radical (unpaired) electrons. The van der Waals surface area contributed by atoms with Crippen LogP contribution in [0.2, 0.25) is 0 Å². The molecule has 1 aromatic rings. The molecule has 2 amide bonds. The monoisotopic (exact) mass is 311 g/mol. The number of nitrogens with zero attached hydrogens (tertiary/aromatic N) is 4. The van der Waals surface area contributed by atoms with Crippen molar-refractivity contribution >= 4 is 11.8 Å². The van der Waals surface area contributed by atoms with Gasteiger partial charge in [0.15, 0.2) is 0 Å². The molecule has 22 heavy (non-hydrogen) atoms. The Morgan fingerprint density at radius 1 is 1.55 bits per heavy atom. The van der Waals surface area contributed by atoms with Gasteiger partial charge in [-0.25, -0.2) is 4.39 Å². The largest absolute Gasteiger partial charge is 0.369 e. The quantitative estimate of drug-likeness (QED) is 0.793. The second-order valence-electron chi connectivity index (χ2n) is 5.65. The highest BCUT2D eigenvalue weighted by atomic mass is 19.1. The fourth-order valence-electron chi connectivity index (χ4n) is 2.77. The van der Waals surface area contributed by atoms with Crippen molar-refractivity contribution in [2.45, 2.75) is 32.1 Å². The molecule has 2 atom stereocenters. The molecule has 2 rings (SSSR count). The maximum atomic E-state index is 13.6. The van der Waals surface area contributed by atoms with Gasteiger partial charge in [-0.2, -0.15) is 5.10 Å². The number of carbonyl (C=O) groups excluding carboxylic acids is 2. The molecule has 8 heteroatoms. The average molecular weight is 311 g/mol. The first-order valence-electron chi connectivity index (χ1n) is 7.35. The number of likely N-dealkylation sites (tertiary alicyclic amines) is 1. The maximum absolute atomic E-state index is 13.6. The van der Waals surface area contributed by atoms with Crippen LogP contribution in [0.4, 0.5) is 4.39 Å². The van der Waals surface area contributed by atoms with E-state index in [0.717, 1.165) is 0 Å². The summed E-state index contributed by atoms with van der Waals surface area (Å²) in [6, 6.07) is -0.197. The van der Waals surface area contributed by atoms with Gasteiger partial charge in [0.1, 0.15) is 6.17 Å². The van der Waals surface area contributed by atoms with Gasteiger partial charge in [-0.1, -0.05) is 0 Å². The van der Waals surface area contributed by atoms with Crippen LogP contribution >= 0.6 is 0 Å². The SMILES string of the molecule is CCn1cc(C(=O)N(C)C[C@@H]2C[C@H](F)CN2CC(N)=O)cn1. The van der Waals surface area contributed by atoms with Gasteiger partial charge in [0.2, 0.25) is 5.91 Å². The highest BCUT2D eigenvalue weighted by Crippen LogP contribution is 2.21. The molecule has 2 N–H and O–H groups in total. The van der Waals surface area contributed by atoms with E-state index < -0.39 is 12.1 Å². The van der Waals surface area contributed by atoms with E-state index in [-0.39, 0.29) is 25.0 Å². The van der Waals surface area contributed by atoms with Crippen molar-refractivity contribution in [1.82, 2.24) is 19.6 Å². The minimum atomic E-state index is -0.990. The van der Waals surface area contributed by atoms with E-state index in [1.807, 2.05) is 6.92 Å². The normalized spacial score (nSPS) is 22.0. The first kappa shape index (κ1) is 16.4. The van der Waals surface area contributed by atoms with E-state index in [0.29, 0.717) is 25.1 Å². The van der Waals surface area contributed by atoms with Crippen LogP contribution < -0.4 is 5.73 Å². The Bertz CT molecular complexity index is 547. The zero-order valence-corrected chi connectivity index (χ0v) is 12.9. The molecular weight excluding hydrogens is 289 g/mol. The molecule has 7 nitrogen and oxygen atoms in total. The molecule has 1 aromatic heterocycles. The van der Waals surface area contributed by atoms with Crippen LogP contribution in [0.3, 0.4) is 0 Å². The number of aromatic nitrogens is 2. The number of alkyl halides is 1. The third kappa shape index (κ3) is 3.82. The predicted octanol–water partition coefficient (Wildman–Crippen LogP) is -0.127. The Kier molecular flexibility index (Phi) is 5.12. The minimum Gasteiger partial charge on any atom is -0.369 e. The van der Waals surface area contributed by atoms with Crippen molar-refractivity contribution in [3.63, 3.8) is 0 Å². The average Bonchev–Trinajstić information content (AvgIpc) is 3.04. The third-order valence-electron chi connectivity index (χ3n) is 3.87. The van der Waals surface area contributed by atoms with Crippen LogP contribution in [-0.4, -0.2) is 70.3 Å². The Morgan fingerprint density at radius 2 is 2.27 bits per heavy atom. The Hall–Kier alpha value is -1.96. The molecule has 0 aromatic carbocycles. The highest BCUT2D eigenvalue weighted by molar-refractivity contribution is 5.93. The van der Waals surface area contributed by atoms with Gasteiger partial charge in [-0.3, -0.25) is 19.2 Å². The zero-order valence-electron chi connectivity index (χ0n) is 12.9. The molecule has 1 aliphatic rings. The first-order chi connectivity index (χ1) is 10.4. The summed E-state index contributed by atoms with van der Waals surface area (Å²) in [6.45, 7) is 3.18. The summed E-state index contributed by atoms with van der Waals surface area (Å²) >= 11 is 0. The molecular formula is C14H22FN5O2. The topological polar surface area (TPSA) is 84.5 Å². The molecule has 2 heterocycles. The summed E-state index contributed by atoms with van der Waals surface area (Å²) in [4.78, 5) is 26.6. The number of aryl methyl sites for hydroxylation is 1. The number of nitrogens with two attached hydrogens (primary N) is 1. The molecule has 0 saturated carbocycles. The Balaban J connectivity index is 1.98. The number of amides is 2. The zero-order chi connectivity index (χ0) is 16.3. The van der Waals surface area contributed by atoms with Gasteiger partial charge in [-0.15, -0.1) is 0 Å². The van der Waals surface area contributed by atoms with E-state index >= 15 is 0 Å². The molecule has 122 valence electrons. The van der Waals surface area contributed by atoms with Crippen molar-refractivity contribution < 1.29 is 14.0 Å². The lowest BCUT2D eigenvalue weighted by molar-refractivity contribution is -0.119. The van der Waals surface area contributed by atoms with Crippen LogP contribution in [0.15, 0.2) is 12.4 Å². The second kappa shape index (κ2) is 6.87. The van der Waals surface area contributed by atoms with Gasteiger partial charge < -0.3 is 10.6 Å². The molecule has 0 bridgehead atoms. The van der Waals surface area contributed by atoms with Crippen LogP contribution in [0.5, 0.6) is 0 Å². The number of rotatable bonds is 6. The predicted molar refractivity (Wildman–Crippen MR) is 78.9 cm³/mol. The summed E-state index contributed by atoms with van der Waals surface area (Å²) in [5.41, 5.74) is 5.69. The number of primary amides is 1. The summed E-state index contributed by atoms with van der Waals surface area (Å²) in [6.07, 6.45) is 2.53. The van der Waals surface area contributed by atoms with Crippen LogP contribution in [0.1, 0.15) is 23.7 Å². The molecule has 0 spiro atoms. The molecule has 1 aliphatic heterocycles.